The predicted molar refractivity (Wildman–Crippen MR) is 77.7 cm³/mol. The van der Waals surface area contributed by atoms with Gasteiger partial charge >= 0.3 is 0 Å². The highest BCUT2D eigenvalue weighted by atomic mass is 35.5. The Morgan fingerprint density at radius 1 is 1.39 bits per heavy atom. The zero-order valence-electron chi connectivity index (χ0n) is 11.3. The van der Waals surface area contributed by atoms with Crippen LogP contribution in [0.2, 0.25) is 5.02 Å². The molecule has 3 heteroatoms. The van der Waals surface area contributed by atoms with Crippen LogP contribution in [-0.2, 0) is 13.1 Å². The van der Waals surface area contributed by atoms with Crippen molar-refractivity contribution in [3.8, 4) is 0 Å². The number of hydrogen-bond acceptors (Lipinski definition) is 2. The zero-order valence-corrected chi connectivity index (χ0v) is 12.1. The van der Waals surface area contributed by atoms with E-state index in [1.54, 1.807) is 0 Å². The molecule has 0 amide bonds. The lowest BCUT2D eigenvalue weighted by Gasteiger charge is -2.28. The van der Waals surface area contributed by atoms with Crippen LogP contribution in [0.1, 0.15) is 44.2 Å². The molecule has 100 valence electrons. The maximum Gasteiger partial charge on any atom is 0.0454 e. The van der Waals surface area contributed by atoms with Gasteiger partial charge in [-0.2, -0.15) is 0 Å². The molecule has 1 heterocycles. The summed E-state index contributed by atoms with van der Waals surface area (Å²) in [6.45, 7) is 6.10. The van der Waals surface area contributed by atoms with E-state index in [1.165, 1.54) is 24.8 Å². The van der Waals surface area contributed by atoms with E-state index in [-0.39, 0.29) is 0 Å². The van der Waals surface area contributed by atoms with Gasteiger partial charge in [0.25, 0.3) is 0 Å². The summed E-state index contributed by atoms with van der Waals surface area (Å²) < 4.78 is 0. The highest BCUT2D eigenvalue weighted by Crippen LogP contribution is 2.29. The molecule has 2 unspecified atom stereocenters. The van der Waals surface area contributed by atoms with Crippen LogP contribution in [0.3, 0.4) is 0 Å². The number of halogens is 1. The van der Waals surface area contributed by atoms with Gasteiger partial charge in [0.2, 0.25) is 0 Å². The van der Waals surface area contributed by atoms with E-state index in [0.29, 0.717) is 18.6 Å². The molecule has 0 aliphatic carbocycles. The molecule has 0 radical (unpaired) electrons. The average molecular weight is 267 g/mol. The van der Waals surface area contributed by atoms with Gasteiger partial charge in [-0.1, -0.05) is 30.7 Å². The van der Waals surface area contributed by atoms with Gasteiger partial charge < -0.3 is 5.73 Å². The molecule has 1 aromatic rings. The SMILES string of the molecule is CCC1CCC(C)N1Cc1ccc(CN)cc1Cl. The van der Waals surface area contributed by atoms with Gasteiger partial charge in [0, 0.05) is 30.2 Å². The van der Waals surface area contributed by atoms with Gasteiger partial charge in [-0.3, -0.25) is 4.90 Å². The molecule has 1 aliphatic rings. The van der Waals surface area contributed by atoms with Crippen LogP contribution in [0, 0.1) is 0 Å². The second-order valence-electron chi connectivity index (χ2n) is 5.29. The fraction of sp³-hybridized carbons (Fsp3) is 0.600. The van der Waals surface area contributed by atoms with Crippen molar-refractivity contribution in [1.29, 1.82) is 0 Å². The third-order valence-corrected chi connectivity index (χ3v) is 4.48. The Morgan fingerprint density at radius 2 is 2.17 bits per heavy atom. The van der Waals surface area contributed by atoms with Crippen molar-refractivity contribution in [2.45, 2.75) is 58.3 Å². The quantitative estimate of drug-likeness (QED) is 0.903. The first kappa shape index (κ1) is 13.9. The van der Waals surface area contributed by atoms with Crippen LogP contribution in [0.4, 0.5) is 0 Å². The minimum atomic E-state index is 0.553. The number of nitrogens with zero attached hydrogens (tertiary/aromatic N) is 1. The Labute approximate surface area is 115 Å². The van der Waals surface area contributed by atoms with Crippen molar-refractivity contribution >= 4 is 11.6 Å². The first-order valence-corrected chi connectivity index (χ1v) is 7.26. The minimum Gasteiger partial charge on any atom is -0.326 e. The fourth-order valence-electron chi connectivity index (χ4n) is 2.89. The molecular formula is C15H23ClN2. The number of hydrogen-bond donors (Lipinski definition) is 1. The highest BCUT2D eigenvalue weighted by molar-refractivity contribution is 6.31. The normalized spacial score (nSPS) is 24.7. The van der Waals surface area contributed by atoms with Crippen molar-refractivity contribution in [3.63, 3.8) is 0 Å². The maximum absolute atomic E-state index is 6.34. The van der Waals surface area contributed by atoms with E-state index < -0.39 is 0 Å². The van der Waals surface area contributed by atoms with Gasteiger partial charge in [0.1, 0.15) is 0 Å². The van der Waals surface area contributed by atoms with Crippen LogP contribution in [0.15, 0.2) is 18.2 Å². The Morgan fingerprint density at radius 3 is 2.78 bits per heavy atom. The molecular weight excluding hydrogens is 244 g/mol. The molecule has 18 heavy (non-hydrogen) atoms. The van der Waals surface area contributed by atoms with Gasteiger partial charge in [-0.15, -0.1) is 0 Å². The third-order valence-electron chi connectivity index (χ3n) is 4.13. The minimum absolute atomic E-state index is 0.553. The predicted octanol–water partition coefficient (Wildman–Crippen LogP) is 3.56. The number of nitrogens with two attached hydrogens (primary N) is 1. The van der Waals surface area contributed by atoms with Crippen LogP contribution < -0.4 is 5.73 Å². The second kappa shape index (κ2) is 6.05. The fourth-order valence-corrected chi connectivity index (χ4v) is 3.15. The molecule has 0 saturated carbocycles. The Hall–Kier alpha value is -0.570. The molecule has 2 N–H and O–H groups in total. The zero-order chi connectivity index (χ0) is 13.1. The number of likely N-dealkylation sites (tertiary alicyclic amines) is 1. The molecule has 2 atom stereocenters. The molecule has 0 aromatic heterocycles. The Kier molecular flexibility index (Phi) is 4.66. The standard InChI is InChI=1S/C15H23ClN2/c1-3-14-7-4-11(2)18(14)10-13-6-5-12(9-17)8-15(13)16/h5-6,8,11,14H,3-4,7,9-10,17H2,1-2H3. The van der Waals surface area contributed by atoms with Crippen molar-refractivity contribution in [2.75, 3.05) is 0 Å². The first-order chi connectivity index (χ1) is 8.65. The summed E-state index contributed by atoms with van der Waals surface area (Å²) in [6.07, 6.45) is 3.84. The van der Waals surface area contributed by atoms with Gasteiger partial charge in [-0.05, 0) is 43.4 Å². The first-order valence-electron chi connectivity index (χ1n) is 6.88. The number of rotatable bonds is 4. The lowest BCUT2D eigenvalue weighted by atomic mass is 10.1. The molecule has 1 saturated heterocycles. The van der Waals surface area contributed by atoms with Crippen molar-refractivity contribution in [3.05, 3.63) is 34.3 Å². The van der Waals surface area contributed by atoms with Gasteiger partial charge in [0.15, 0.2) is 0 Å². The molecule has 1 aromatic carbocycles. The van der Waals surface area contributed by atoms with Crippen molar-refractivity contribution in [2.24, 2.45) is 5.73 Å². The summed E-state index contributed by atoms with van der Waals surface area (Å²) in [6, 6.07) is 7.59. The van der Waals surface area contributed by atoms with E-state index in [4.69, 9.17) is 17.3 Å². The molecule has 2 nitrogen and oxygen atoms in total. The lowest BCUT2D eigenvalue weighted by molar-refractivity contribution is 0.189. The monoisotopic (exact) mass is 266 g/mol. The van der Waals surface area contributed by atoms with E-state index in [9.17, 15) is 0 Å². The topological polar surface area (TPSA) is 29.3 Å². The lowest BCUT2D eigenvalue weighted by Crippen LogP contribution is -2.33. The summed E-state index contributed by atoms with van der Waals surface area (Å²) in [5, 5.41) is 0.854. The van der Waals surface area contributed by atoms with Crippen molar-refractivity contribution in [1.82, 2.24) is 4.90 Å². The smallest absolute Gasteiger partial charge is 0.0454 e. The van der Waals surface area contributed by atoms with Crippen molar-refractivity contribution < 1.29 is 0 Å². The maximum atomic E-state index is 6.34. The summed E-state index contributed by atoms with van der Waals surface area (Å²) in [5.74, 6) is 0. The Balaban J connectivity index is 2.13. The summed E-state index contributed by atoms with van der Waals surface area (Å²) in [5.41, 5.74) is 7.95. The van der Waals surface area contributed by atoms with E-state index in [2.05, 4.69) is 30.9 Å². The van der Waals surface area contributed by atoms with E-state index >= 15 is 0 Å². The van der Waals surface area contributed by atoms with E-state index in [0.717, 1.165) is 17.1 Å². The molecule has 0 bridgehead atoms. The molecule has 1 fully saturated rings. The second-order valence-corrected chi connectivity index (χ2v) is 5.70. The van der Waals surface area contributed by atoms with Crippen LogP contribution >= 0.6 is 11.6 Å². The summed E-state index contributed by atoms with van der Waals surface area (Å²) in [7, 11) is 0. The third kappa shape index (κ3) is 2.87. The molecule has 0 spiro atoms. The van der Waals surface area contributed by atoms with Crippen LogP contribution in [0.5, 0.6) is 0 Å². The van der Waals surface area contributed by atoms with Crippen LogP contribution in [-0.4, -0.2) is 17.0 Å². The van der Waals surface area contributed by atoms with Gasteiger partial charge in [0.05, 0.1) is 0 Å². The Bertz CT molecular complexity index is 405. The van der Waals surface area contributed by atoms with Crippen LogP contribution in [0.25, 0.3) is 0 Å². The number of benzene rings is 1. The summed E-state index contributed by atoms with van der Waals surface area (Å²) >= 11 is 6.34. The largest absolute Gasteiger partial charge is 0.326 e. The summed E-state index contributed by atoms with van der Waals surface area (Å²) in [4.78, 5) is 2.59. The molecule has 1 aliphatic heterocycles. The molecule has 2 rings (SSSR count). The van der Waals surface area contributed by atoms with Gasteiger partial charge in [-0.25, -0.2) is 0 Å². The van der Waals surface area contributed by atoms with E-state index in [1.807, 2.05) is 6.07 Å². The average Bonchev–Trinajstić information content (AvgIpc) is 2.73. The highest BCUT2D eigenvalue weighted by Gasteiger charge is 2.29.